The quantitative estimate of drug-likeness (QED) is 0.450. The van der Waals surface area contributed by atoms with Crippen LogP contribution in [-0.4, -0.2) is 25.2 Å². The third kappa shape index (κ3) is 2.17. The lowest BCUT2D eigenvalue weighted by molar-refractivity contribution is -0.172. The summed E-state index contributed by atoms with van der Waals surface area (Å²) in [4.78, 5) is 24.7. The van der Waals surface area contributed by atoms with Crippen molar-refractivity contribution < 1.29 is 19.1 Å². The highest BCUT2D eigenvalue weighted by molar-refractivity contribution is 6.00. The molecule has 0 aliphatic heterocycles. The van der Waals surface area contributed by atoms with E-state index in [0.717, 1.165) is 17.6 Å². The van der Waals surface area contributed by atoms with Crippen molar-refractivity contribution in [3.8, 4) is 0 Å². The molecule has 2 rings (SSSR count). The summed E-state index contributed by atoms with van der Waals surface area (Å²) in [5, 5.41) is 0. The monoisotopic (exact) mass is 278 g/mol. The first-order chi connectivity index (χ1) is 9.46. The smallest absolute Gasteiger partial charge is 0.323 e. The summed E-state index contributed by atoms with van der Waals surface area (Å²) in [5.74, 6) is -0.630. The van der Waals surface area contributed by atoms with E-state index in [9.17, 15) is 9.59 Å². The Labute approximate surface area is 119 Å². The van der Waals surface area contributed by atoms with E-state index < -0.39 is 17.4 Å². The fraction of sp³-hybridized carbons (Fsp3) is 0.625. The summed E-state index contributed by atoms with van der Waals surface area (Å²) in [5.41, 5.74) is 0.958. The SMILES string of the molecule is C=C1CC(=C)[C@@H]2CC(C(=O)OCC)(C(=O)OCC)C[C@@H]12. The fourth-order valence-corrected chi connectivity index (χ4v) is 3.49. The minimum absolute atomic E-state index is 0.149. The molecule has 110 valence electrons. The Balaban J connectivity index is 2.31. The van der Waals surface area contributed by atoms with E-state index in [0.29, 0.717) is 12.8 Å². The van der Waals surface area contributed by atoms with E-state index in [1.807, 2.05) is 0 Å². The number of ether oxygens (including phenoxy) is 2. The van der Waals surface area contributed by atoms with Gasteiger partial charge in [-0.1, -0.05) is 24.3 Å². The first kappa shape index (κ1) is 14.8. The second-order valence-electron chi connectivity index (χ2n) is 5.64. The topological polar surface area (TPSA) is 52.6 Å². The number of carbonyl (C=O) groups is 2. The molecule has 0 heterocycles. The number of hydrogen-bond acceptors (Lipinski definition) is 4. The van der Waals surface area contributed by atoms with Gasteiger partial charge in [-0.15, -0.1) is 0 Å². The zero-order chi connectivity index (χ0) is 14.9. The molecule has 0 spiro atoms. The van der Waals surface area contributed by atoms with Crippen molar-refractivity contribution in [3.05, 3.63) is 24.3 Å². The van der Waals surface area contributed by atoms with Gasteiger partial charge in [0, 0.05) is 0 Å². The molecule has 0 amide bonds. The predicted molar refractivity (Wildman–Crippen MR) is 74.8 cm³/mol. The van der Waals surface area contributed by atoms with Crippen LogP contribution in [0.3, 0.4) is 0 Å². The van der Waals surface area contributed by atoms with Gasteiger partial charge in [0.15, 0.2) is 5.41 Å². The molecule has 0 radical (unpaired) electrons. The van der Waals surface area contributed by atoms with Crippen LogP contribution in [0.5, 0.6) is 0 Å². The molecule has 2 fully saturated rings. The van der Waals surface area contributed by atoms with E-state index >= 15 is 0 Å². The van der Waals surface area contributed by atoms with Gasteiger partial charge in [-0.25, -0.2) is 0 Å². The molecule has 20 heavy (non-hydrogen) atoms. The van der Waals surface area contributed by atoms with Gasteiger partial charge in [0.25, 0.3) is 0 Å². The van der Waals surface area contributed by atoms with Crippen LogP contribution >= 0.6 is 0 Å². The van der Waals surface area contributed by atoms with Gasteiger partial charge in [0.2, 0.25) is 0 Å². The Morgan fingerprint density at radius 3 is 1.80 bits per heavy atom. The predicted octanol–water partition coefficient (Wildman–Crippen LogP) is 2.64. The van der Waals surface area contributed by atoms with E-state index in [-0.39, 0.29) is 25.0 Å². The summed E-state index contributed by atoms with van der Waals surface area (Å²) in [6.07, 6.45) is 1.68. The third-order valence-electron chi connectivity index (χ3n) is 4.46. The Morgan fingerprint density at radius 2 is 1.45 bits per heavy atom. The number of fused-ring (bicyclic) bond motifs is 1. The zero-order valence-electron chi connectivity index (χ0n) is 12.2. The van der Waals surface area contributed by atoms with Crippen LogP contribution in [0.15, 0.2) is 24.3 Å². The molecule has 0 aromatic heterocycles. The van der Waals surface area contributed by atoms with Gasteiger partial charge >= 0.3 is 11.9 Å². The lowest BCUT2D eigenvalue weighted by Crippen LogP contribution is -2.40. The molecule has 0 saturated heterocycles. The van der Waals surface area contributed by atoms with Crippen molar-refractivity contribution in [2.75, 3.05) is 13.2 Å². The maximum absolute atomic E-state index is 12.3. The zero-order valence-corrected chi connectivity index (χ0v) is 12.2. The lowest BCUT2D eigenvalue weighted by atomic mass is 9.82. The number of hydrogen-bond donors (Lipinski definition) is 0. The summed E-state index contributed by atoms with van der Waals surface area (Å²) in [6, 6.07) is 0. The highest BCUT2D eigenvalue weighted by atomic mass is 16.6. The van der Waals surface area contributed by atoms with Gasteiger partial charge in [0.05, 0.1) is 13.2 Å². The number of esters is 2. The van der Waals surface area contributed by atoms with Crippen LogP contribution in [0.1, 0.15) is 33.1 Å². The second-order valence-corrected chi connectivity index (χ2v) is 5.64. The largest absolute Gasteiger partial charge is 0.465 e. The molecular weight excluding hydrogens is 256 g/mol. The molecule has 2 saturated carbocycles. The fourth-order valence-electron chi connectivity index (χ4n) is 3.49. The van der Waals surface area contributed by atoms with Crippen molar-refractivity contribution in [3.63, 3.8) is 0 Å². The number of carbonyl (C=O) groups excluding carboxylic acids is 2. The van der Waals surface area contributed by atoms with Gasteiger partial charge < -0.3 is 9.47 Å². The van der Waals surface area contributed by atoms with Gasteiger partial charge in [0.1, 0.15) is 0 Å². The summed E-state index contributed by atoms with van der Waals surface area (Å²) < 4.78 is 10.3. The van der Waals surface area contributed by atoms with Crippen LogP contribution < -0.4 is 0 Å². The van der Waals surface area contributed by atoms with E-state index in [4.69, 9.17) is 9.47 Å². The molecule has 0 unspecified atom stereocenters. The van der Waals surface area contributed by atoms with Crippen LogP contribution in [0.25, 0.3) is 0 Å². The standard InChI is InChI=1S/C16H22O4/c1-5-19-14(17)16(15(18)20-6-2)8-12-10(3)7-11(4)13(12)9-16/h12-13H,3-9H2,1-2H3/t12-,13-/m0/s1. The summed E-state index contributed by atoms with van der Waals surface area (Å²) in [7, 11) is 0. The minimum atomic E-state index is -1.17. The third-order valence-corrected chi connectivity index (χ3v) is 4.46. The van der Waals surface area contributed by atoms with E-state index in [1.54, 1.807) is 13.8 Å². The van der Waals surface area contributed by atoms with Crippen molar-refractivity contribution in [1.82, 2.24) is 0 Å². The Bertz CT molecular complexity index is 421. The molecule has 0 N–H and O–H groups in total. The molecule has 4 nitrogen and oxygen atoms in total. The van der Waals surface area contributed by atoms with Crippen molar-refractivity contribution in [1.29, 1.82) is 0 Å². The molecular formula is C16H22O4. The summed E-state index contributed by atoms with van der Waals surface area (Å²) >= 11 is 0. The molecule has 0 bridgehead atoms. The highest BCUT2D eigenvalue weighted by Crippen LogP contribution is 2.57. The lowest BCUT2D eigenvalue weighted by Gasteiger charge is -2.25. The van der Waals surface area contributed by atoms with Crippen molar-refractivity contribution in [2.45, 2.75) is 33.1 Å². The first-order valence-corrected chi connectivity index (χ1v) is 7.16. The molecule has 0 aromatic carbocycles. The highest BCUT2D eigenvalue weighted by Gasteiger charge is 2.59. The van der Waals surface area contributed by atoms with Crippen LogP contribution in [-0.2, 0) is 19.1 Å². The Hall–Kier alpha value is -1.58. The average Bonchev–Trinajstić information content (AvgIpc) is 2.91. The van der Waals surface area contributed by atoms with Gasteiger partial charge in [-0.05, 0) is 44.9 Å². The molecule has 2 atom stereocenters. The van der Waals surface area contributed by atoms with E-state index in [1.165, 1.54) is 0 Å². The van der Waals surface area contributed by atoms with Crippen molar-refractivity contribution in [2.24, 2.45) is 17.3 Å². The number of allylic oxidation sites excluding steroid dienone is 2. The average molecular weight is 278 g/mol. The van der Waals surface area contributed by atoms with Gasteiger partial charge in [-0.3, -0.25) is 9.59 Å². The Morgan fingerprint density at radius 1 is 1.05 bits per heavy atom. The maximum atomic E-state index is 12.3. The molecule has 4 heteroatoms. The first-order valence-electron chi connectivity index (χ1n) is 7.16. The van der Waals surface area contributed by atoms with Crippen LogP contribution in [0.2, 0.25) is 0 Å². The summed E-state index contributed by atoms with van der Waals surface area (Å²) in [6.45, 7) is 12.1. The molecule has 2 aliphatic rings. The van der Waals surface area contributed by atoms with Crippen molar-refractivity contribution >= 4 is 11.9 Å². The number of rotatable bonds is 4. The van der Waals surface area contributed by atoms with Crippen LogP contribution in [0, 0.1) is 17.3 Å². The van der Waals surface area contributed by atoms with Gasteiger partial charge in [-0.2, -0.15) is 0 Å². The minimum Gasteiger partial charge on any atom is -0.465 e. The Kier molecular flexibility index (Phi) is 4.02. The molecule has 2 aliphatic carbocycles. The second kappa shape index (κ2) is 5.43. The van der Waals surface area contributed by atoms with E-state index in [2.05, 4.69) is 13.2 Å². The molecule has 0 aromatic rings. The maximum Gasteiger partial charge on any atom is 0.323 e. The van der Waals surface area contributed by atoms with Crippen LogP contribution in [0.4, 0.5) is 0 Å². The normalized spacial score (nSPS) is 27.3.